The maximum atomic E-state index is 13.7. The Bertz CT molecular complexity index is 868. The molecule has 1 heterocycles. The number of nitrogens with zero attached hydrogens (tertiary/aromatic N) is 2. The smallest absolute Gasteiger partial charge is 0.264 e. The second kappa shape index (κ2) is 6.39. The summed E-state index contributed by atoms with van der Waals surface area (Å²) in [6.45, 7) is 2.97. The molecule has 0 saturated carbocycles. The molecule has 0 bridgehead atoms. The number of sulfonamides is 1. The van der Waals surface area contributed by atoms with E-state index < -0.39 is 31.3 Å². The minimum atomic E-state index is -4.09. The van der Waals surface area contributed by atoms with Crippen molar-refractivity contribution in [3.05, 3.63) is 63.2 Å². The Morgan fingerprint density at radius 1 is 1.26 bits per heavy atom. The molecule has 1 aromatic heterocycles. The summed E-state index contributed by atoms with van der Waals surface area (Å²) in [6.07, 6.45) is 3.12. The molecular formula is C14H14FN3O4S. The van der Waals surface area contributed by atoms with Gasteiger partial charge in [0.05, 0.1) is 15.4 Å². The van der Waals surface area contributed by atoms with Crippen LogP contribution in [0.5, 0.6) is 0 Å². The number of aryl methyl sites for hydroxylation is 1. The Hall–Kier alpha value is -2.39. The number of nitro benzene ring substituents is 1. The first-order valence-corrected chi connectivity index (χ1v) is 8.04. The molecule has 0 radical (unpaired) electrons. The molecule has 0 fully saturated rings. The first-order chi connectivity index (χ1) is 10.7. The zero-order valence-corrected chi connectivity index (χ0v) is 13.2. The summed E-state index contributed by atoms with van der Waals surface area (Å²) in [7, 11) is -4.09. The van der Waals surface area contributed by atoms with E-state index >= 15 is 0 Å². The molecule has 0 aliphatic heterocycles. The SMILES string of the molecule is Cc1cncc(CNS(=O)(=O)c2cc(F)c(C)c([N+](=O)[O-])c2)c1. The van der Waals surface area contributed by atoms with Gasteiger partial charge in [0.25, 0.3) is 5.69 Å². The molecule has 0 aliphatic rings. The van der Waals surface area contributed by atoms with E-state index in [9.17, 15) is 22.9 Å². The summed E-state index contributed by atoms with van der Waals surface area (Å²) in [5.74, 6) is -0.947. The van der Waals surface area contributed by atoms with E-state index in [0.717, 1.165) is 17.7 Å². The van der Waals surface area contributed by atoms with Crippen LogP contribution in [-0.4, -0.2) is 18.3 Å². The highest BCUT2D eigenvalue weighted by atomic mass is 32.2. The van der Waals surface area contributed by atoms with Crippen LogP contribution >= 0.6 is 0 Å². The summed E-state index contributed by atoms with van der Waals surface area (Å²) in [4.78, 5) is 13.5. The van der Waals surface area contributed by atoms with Crippen LogP contribution in [0, 0.1) is 29.8 Å². The van der Waals surface area contributed by atoms with E-state index in [1.54, 1.807) is 12.3 Å². The van der Waals surface area contributed by atoms with Crippen molar-refractivity contribution in [3.63, 3.8) is 0 Å². The van der Waals surface area contributed by atoms with Gasteiger partial charge in [0.1, 0.15) is 5.82 Å². The first kappa shape index (κ1) is 17.0. The largest absolute Gasteiger partial charge is 0.276 e. The van der Waals surface area contributed by atoms with Gasteiger partial charge in [0.2, 0.25) is 10.0 Å². The average molecular weight is 339 g/mol. The minimum Gasteiger partial charge on any atom is -0.264 e. The van der Waals surface area contributed by atoms with E-state index in [1.807, 2.05) is 6.92 Å². The van der Waals surface area contributed by atoms with Crippen molar-refractivity contribution in [2.24, 2.45) is 0 Å². The molecule has 2 aromatic rings. The van der Waals surface area contributed by atoms with Gasteiger partial charge in [-0.3, -0.25) is 15.1 Å². The highest BCUT2D eigenvalue weighted by Crippen LogP contribution is 2.25. The van der Waals surface area contributed by atoms with E-state index in [4.69, 9.17) is 0 Å². The van der Waals surface area contributed by atoms with Crippen LogP contribution in [0.4, 0.5) is 10.1 Å². The third-order valence-electron chi connectivity index (χ3n) is 3.20. The predicted molar refractivity (Wildman–Crippen MR) is 80.8 cm³/mol. The van der Waals surface area contributed by atoms with Gasteiger partial charge < -0.3 is 0 Å². The van der Waals surface area contributed by atoms with Crippen LogP contribution in [0.15, 0.2) is 35.5 Å². The summed E-state index contributed by atoms with van der Waals surface area (Å²) in [5.41, 5.74) is 0.689. The van der Waals surface area contributed by atoms with E-state index in [0.29, 0.717) is 5.56 Å². The molecule has 2 rings (SSSR count). The number of aromatic nitrogens is 1. The zero-order chi connectivity index (χ0) is 17.2. The molecule has 7 nitrogen and oxygen atoms in total. The number of nitro groups is 1. The zero-order valence-electron chi connectivity index (χ0n) is 12.4. The fraction of sp³-hybridized carbons (Fsp3) is 0.214. The van der Waals surface area contributed by atoms with Crippen molar-refractivity contribution in [2.45, 2.75) is 25.3 Å². The van der Waals surface area contributed by atoms with E-state index in [1.165, 1.54) is 13.1 Å². The third-order valence-corrected chi connectivity index (χ3v) is 4.58. The maximum absolute atomic E-state index is 13.7. The Labute approximate surface area is 132 Å². The molecule has 9 heteroatoms. The van der Waals surface area contributed by atoms with Gasteiger partial charge in [-0.15, -0.1) is 0 Å². The first-order valence-electron chi connectivity index (χ1n) is 6.55. The number of benzene rings is 1. The summed E-state index contributed by atoms with van der Waals surface area (Å²) in [5, 5.41) is 10.9. The molecule has 1 N–H and O–H groups in total. The van der Waals surface area contributed by atoms with Crippen molar-refractivity contribution >= 4 is 15.7 Å². The molecule has 122 valence electrons. The lowest BCUT2D eigenvalue weighted by molar-refractivity contribution is -0.385. The van der Waals surface area contributed by atoms with Crippen LogP contribution in [-0.2, 0) is 16.6 Å². The molecular weight excluding hydrogens is 325 g/mol. The van der Waals surface area contributed by atoms with Gasteiger partial charge in [0, 0.05) is 25.0 Å². The van der Waals surface area contributed by atoms with Crippen molar-refractivity contribution < 1.29 is 17.7 Å². The van der Waals surface area contributed by atoms with Crippen LogP contribution in [0.1, 0.15) is 16.7 Å². The number of rotatable bonds is 5. The van der Waals surface area contributed by atoms with Gasteiger partial charge in [-0.1, -0.05) is 6.07 Å². The molecule has 23 heavy (non-hydrogen) atoms. The Morgan fingerprint density at radius 2 is 1.96 bits per heavy atom. The van der Waals surface area contributed by atoms with E-state index in [-0.39, 0.29) is 12.1 Å². The average Bonchev–Trinajstić information content (AvgIpc) is 2.47. The fourth-order valence-corrected chi connectivity index (χ4v) is 3.01. The van der Waals surface area contributed by atoms with Crippen molar-refractivity contribution in [2.75, 3.05) is 0 Å². The number of nitrogens with one attached hydrogen (secondary N) is 1. The number of hydrogen-bond donors (Lipinski definition) is 1. The monoisotopic (exact) mass is 339 g/mol. The molecule has 0 saturated heterocycles. The van der Waals surface area contributed by atoms with Gasteiger partial charge >= 0.3 is 0 Å². The van der Waals surface area contributed by atoms with Gasteiger partial charge in [-0.05, 0) is 31.0 Å². The topological polar surface area (TPSA) is 102 Å². The van der Waals surface area contributed by atoms with Crippen LogP contribution in [0.2, 0.25) is 0 Å². The summed E-state index contributed by atoms with van der Waals surface area (Å²) >= 11 is 0. The van der Waals surface area contributed by atoms with Gasteiger partial charge in [-0.25, -0.2) is 17.5 Å². The molecule has 0 aliphatic carbocycles. The molecule has 0 unspecified atom stereocenters. The molecule has 1 aromatic carbocycles. The predicted octanol–water partition coefficient (Wildman–Crippen LogP) is 2.22. The maximum Gasteiger partial charge on any atom is 0.276 e. The Balaban J connectivity index is 2.31. The van der Waals surface area contributed by atoms with E-state index in [2.05, 4.69) is 9.71 Å². The summed E-state index contributed by atoms with van der Waals surface area (Å²) < 4.78 is 40.4. The number of pyridine rings is 1. The van der Waals surface area contributed by atoms with Crippen molar-refractivity contribution in [1.29, 1.82) is 0 Å². The lowest BCUT2D eigenvalue weighted by Crippen LogP contribution is -2.23. The molecule has 0 atom stereocenters. The minimum absolute atomic E-state index is 0.0553. The Kier molecular flexibility index (Phi) is 4.71. The lowest BCUT2D eigenvalue weighted by Gasteiger charge is -2.08. The Morgan fingerprint density at radius 3 is 2.57 bits per heavy atom. The van der Waals surface area contributed by atoms with Crippen LogP contribution in [0.25, 0.3) is 0 Å². The second-order valence-electron chi connectivity index (χ2n) is 5.00. The third kappa shape index (κ3) is 3.88. The highest BCUT2D eigenvalue weighted by molar-refractivity contribution is 7.89. The quantitative estimate of drug-likeness (QED) is 0.665. The standard InChI is InChI=1S/C14H14FN3O4S/c1-9-3-11(7-16-6-9)8-17-23(21,22)12-4-13(15)10(2)14(5-12)18(19)20/h3-7,17H,8H2,1-2H3. The lowest BCUT2D eigenvalue weighted by atomic mass is 10.2. The van der Waals surface area contributed by atoms with Gasteiger partial charge in [0.15, 0.2) is 0 Å². The fourth-order valence-electron chi connectivity index (χ4n) is 1.96. The van der Waals surface area contributed by atoms with Crippen molar-refractivity contribution in [1.82, 2.24) is 9.71 Å². The number of hydrogen-bond acceptors (Lipinski definition) is 5. The van der Waals surface area contributed by atoms with Gasteiger partial charge in [-0.2, -0.15) is 0 Å². The molecule has 0 spiro atoms. The highest BCUT2D eigenvalue weighted by Gasteiger charge is 2.23. The number of halogens is 1. The van der Waals surface area contributed by atoms with Crippen molar-refractivity contribution in [3.8, 4) is 0 Å². The normalized spacial score (nSPS) is 11.4. The van der Waals surface area contributed by atoms with Crippen LogP contribution in [0.3, 0.4) is 0 Å². The van der Waals surface area contributed by atoms with Crippen LogP contribution < -0.4 is 4.72 Å². The second-order valence-corrected chi connectivity index (χ2v) is 6.77. The summed E-state index contributed by atoms with van der Waals surface area (Å²) in [6, 6.07) is 3.35. The molecule has 0 amide bonds.